The van der Waals surface area contributed by atoms with Crippen LogP contribution < -0.4 is 19.7 Å². The van der Waals surface area contributed by atoms with Crippen molar-refractivity contribution in [2.45, 2.75) is 20.1 Å². The van der Waals surface area contributed by atoms with E-state index in [2.05, 4.69) is 26.1 Å². The fourth-order valence-corrected chi connectivity index (χ4v) is 4.65. The molecule has 0 atom stereocenters. The minimum Gasteiger partial charge on any atom is -0.490 e. The van der Waals surface area contributed by atoms with Gasteiger partial charge in [0, 0.05) is 25.3 Å². The molecule has 3 aromatic carbocycles. The molecule has 3 aromatic rings. The Bertz CT molecular complexity index is 1110. The van der Waals surface area contributed by atoms with E-state index >= 15 is 0 Å². The van der Waals surface area contributed by atoms with Crippen LogP contribution in [0.25, 0.3) is 0 Å². The van der Waals surface area contributed by atoms with Gasteiger partial charge in [-0.05, 0) is 76.4 Å². The number of hydrogen-bond donors (Lipinski definition) is 1. The second-order valence-electron chi connectivity index (χ2n) is 7.87. The predicted molar refractivity (Wildman–Crippen MR) is 138 cm³/mol. The maximum Gasteiger partial charge on any atom is 0.175 e. The van der Waals surface area contributed by atoms with Crippen molar-refractivity contribution in [1.29, 1.82) is 0 Å². The first-order chi connectivity index (χ1) is 16.5. The zero-order valence-corrected chi connectivity index (χ0v) is 21.3. The van der Waals surface area contributed by atoms with Gasteiger partial charge in [0.15, 0.2) is 11.5 Å². The maximum atomic E-state index is 13.2. The Balaban J connectivity index is 1.43. The summed E-state index contributed by atoms with van der Waals surface area (Å²) in [6.45, 7) is 6.46. The average Bonchev–Trinajstić information content (AvgIpc) is 2.84. The number of nitrogens with zero attached hydrogens (tertiary/aromatic N) is 1. The highest BCUT2D eigenvalue weighted by Gasteiger charge is 2.15. The highest BCUT2D eigenvalue weighted by atomic mass is 79.9. The zero-order valence-electron chi connectivity index (χ0n) is 19.0. The van der Waals surface area contributed by atoms with E-state index < -0.39 is 0 Å². The summed E-state index contributed by atoms with van der Waals surface area (Å²) in [5.74, 6) is 0.998. The number of morpholine rings is 1. The number of halogens is 3. The number of ether oxygens (including phenoxy) is 3. The van der Waals surface area contributed by atoms with Crippen molar-refractivity contribution in [3.63, 3.8) is 0 Å². The molecule has 180 valence electrons. The standard InChI is InChI=1S/C26H27BrClFN2O3/c1-2-33-25-14-19(13-22(27)26(25)34-17-18-3-5-20(29)6-4-18)16-30-21-7-8-24(23(28)15-21)31-9-11-32-12-10-31/h3-8,13-15,30H,2,9-12,16-17H2,1H3. The van der Waals surface area contributed by atoms with Gasteiger partial charge in [-0.1, -0.05) is 23.7 Å². The molecule has 34 heavy (non-hydrogen) atoms. The van der Waals surface area contributed by atoms with Crippen LogP contribution in [0.5, 0.6) is 11.5 Å². The lowest BCUT2D eigenvalue weighted by Crippen LogP contribution is -2.36. The summed E-state index contributed by atoms with van der Waals surface area (Å²) in [6.07, 6.45) is 0. The van der Waals surface area contributed by atoms with Gasteiger partial charge in [-0.2, -0.15) is 0 Å². The van der Waals surface area contributed by atoms with E-state index in [-0.39, 0.29) is 5.82 Å². The van der Waals surface area contributed by atoms with Gasteiger partial charge < -0.3 is 24.4 Å². The smallest absolute Gasteiger partial charge is 0.175 e. The monoisotopic (exact) mass is 548 g/mol. The van der Waals surface area contributed by atoms with E-state index in [0.29, 0.717) is 36.3 Å². The van der Waals surface area contributed by atoms with E-state index in [1.807, 2.05) is 37.3 Å². The Kier molecular flexibility index (Phi) is 8.53. The van der Waals surface area contributed by atoms with E-state index in [9.17, 15) is 4.39 Å². The van der Waals surface area contributed by atoms with E-state index in [4.69, 9.17) is 25.8 Å². The van der Waals surface area contributed by atoms with Crippen LogP contribution in [0.15, 0.2) is 59.1 Å². The Morgan fingerprint density at radius 2 is 1.79 bits per heavy atom. The summed E-state index contributed by atoms with van der Waals surface area (Å²) in [6, 6.07) is 16.3. The second kappa shape index (κ2) is 11.8. The lowest BCUT2D eigenvalue weighted by molar-refractivity contribution is 0.122. The molecule has 0 unspecified atom stereocenters. The zero-order chi connectivity index (χ0) is 23.9. The van der Waals surface area contributed by atoms with Gasteiger partial charge in [-0.25, -0.2) is 4.39 Å². The first-order valence-electron chi connectivity index (χ1n) is 11.2. The summed E-state index contributed by atoms with van der Waals surface area (Å²) < 4.78 is 31.2. The van der Waals surface area contributed by atoms with Crippen LogP contribution in [-0.4, -0.2) is 32.9 Å². The number of benzene rings is 3. The number of hydrogen-bond acceptors (Lipinski definition) is 5. The maximum absolute atomic E-state index is 13.2. The van der Waals surface area contributed by atoms with Crippen molar-refractivity contribution >= 4 is 38.9 Å². The first-order valence-corrected chi connectivity index (χ1v) is 12.4. The average molecular weight is 550 g/mol. The SMILES string of the molecule is CCOc1cc(CNc2ccc(N3CCOCC3)c(Cl)c2)cc(Br)c1OCc1ccc(F)cc1. The second-order valence-corrected chi connectivity index (χ2v) is 9.13. The Labute approximate surface area is 212 Å². The molecule has 0 radical (unpaired) electrons. The van der Waals surface area contributed by atoms with Crippen LogP contribution in [0.2, 0.25) is 5.02 Å². The Morgan fingerprint density at radius 3 is 2.50 bits per heavy atom. The minimum atomic E-state index is -0.270. The minimum absolute atomic E-state index is 0.270. The van der Waals surface area contributed by atoms with Crippen molar-refractivity contribution in [3.05, 3.63) is 81.0 Å². The molecule has 0 amide bonds. The van der Waals surface area contributed by atoms with Crippen molar-refractivity contribution in [2.75, 3.05) is 43.1 Å². The van der Waals surface area contributed by atoms with E-state index in [1.54, 1.807) is 12.1 Å². The molecule has 0 aromatic heterocycles. The molecule has 0 saturated carbocycles. The van der Waals surface area contributed by atoms with E-state index in [0.717, 1.165) is 53.3 Å². The molecular weight excluding hydrogens is 523 g/mol. The van der Waals surface area contributed by atoms with Gasteiger partial charge in [0.1, 0.15) is 12.4 Å². The Morgan fingerprint density at radius 1 is 1.03 bits per heavy atom. The first kappa shape index (κ1) is 24.6. The topological polar surface area (TPSA) is 43.0 Å². The molecular formula is C26H27BrClFN2O3. The van der Waals surface area contributed by atoms with E-state index in [1.165, 1.54) is 12.1 Å². The van der Waals surface area contributed by atoms with Gasteiger partial charge in [0.2, 0.25) is 0 Å². The number of rotatable bonds is 9. The van der Waals surface area contributed by atoms with Crippen LogP contribution in [0.3, 0.4) is 0 Å². The van der Waals surface area contributed by atoms with Gasteiger partial charge in [0.05, 0.1) is 35.0 Å². The largest absolute Gasteiger partial charge is 0.490 e. The van der Waals surface area contributed by atoms with Crippen molar-refractivity contribution in [3.8, 4) is 11.5 Å². The van der Waals surface area contributed by atoms with Crippen molar-refractivity contribution < 1.29 is 18.6 Å². The summed E-state index contributed by atoms with van der Waals surface area (Å²) >= 11 is 10.2. The number of nitrogens with one attached hydrogen (secondary N) is 1. The van der Waals surface area contributed by atoms with Gasteiger partial charge in [-0.3, -0.25) is 0 Å². The molecule has 1 heterocycles. The lowest BCUT2D eigenvalue weighted by Gasteiger charge is -2.29. The molecule has 5 nitrogen and oxygen atoms in total. The van der Waals surface area contributed by atoms with Crippen LogP contribution >= 0.6 is 27.5 Å². The summed E-state index contributed by atoms with van der Waals surface area (Å²) in [4.78, 5) is 2.24. The third kappa shape index (κ3) is 6.34. The van der Waals surface area contributed by atoms with Gasteiger partial charge in [0.25, 0.3) is 0 Å². The molecule has 1 fully saturated rings. The fraction of sp³-hybridized carbons (Fsp3) is 0.308. The summed E-state index contributed by atoms with van der Waals surface area (Å²) in [5, 5.41) is 4.15. The normalized spacial score (nSPS) is 13.6. The molecule has 1 aliphatic rings. The third-order valence-electron chi connectivity index (χ3n) is 5.46. The van der Waals surface area contributed by atoms with Crippen LogP contribution in [-0.2, 0) is 17.9 Å². The van der Waals surface area contributed by atoms with Gasteiger partial charge >= 0.3 is 0 Å². The fourth-order valence-electron chi connectivity index (χ4n) is 3.74. The lowest BCUT2D eigenvalue weighted by atomic mass is 10.2. The van der Waals surface area contributed by atoms with Crippen LogP contribution in [0.4, 0.5) is 15.8 Å². The molecule has 1 aliphatic heterocycles. The third-order valence-corrected chi connectivity index (χ3v) is 6.35. The molecule has 1 N–H and O–H groups in total. The van der Waals surface area contributed by atoms with Crippen molar-refractivity contribution in [1.82, 2.24) is 0 Å². The molecule has 0 aliphatic carbocycles. The molecule has 8 heteroatoms. The Hall–Kier alpha value is -2.48. The highest BCUT2D eigenvalue weighted by molar-refractivity contribution is 9.10. The molecule has 0 bridgehead atoms. The molecule has 4 rings (SSSR count). The highest BCUT2D eigenvalue weighted by Crippen LogP contribution is 2.38. The quantitative estimate of drug-likeness (QED) is 0.323. The van der Waals surface area contributed by atoms with Crippen LogP contribution in [0, 0.1) is 5.82 Å². The number of anilines is 2. The summed E-state index contributed by atoms with van der Waals surface area (Å²) in [7, 11) is 0. The molecule has 1 saturated heterocycles. The van der Waals surface area contributed by atoms with Crippen molar-refractivity contribution in [2.24, 2.45) is 0 Å². The van der Waals surface area contributed by atoms with Crippen LogP contribution in [0.1, 0.15) is 18.1 Å². The predicted octanol–water partition coefficient (Wildman–Crippen LogP) is 6.67. The summed E-state index contributed by atoms with van der Waals surface area (Å²) in [5.41, 5.74) is 3.86. The van der Waals surface area contributed by atoms with Gasteiger partial charge in [-0.15, -0.1) is 0 Å². The molecule has 0 spiro atoms.